The van der Waals surface area contributed by atoms with Gasteiger partial charge in [0.15, 0.2) is 18.0 Å². The van der Waals surface area contributed by atoms with Gasteiger partial charge in [0.2, 0.25) is 0 Å². The van der Waals surface area contributed by atoms with Gasteiger partial charge in [-0.3, -0.25) is 9.59 Å². The number of ether oxygens (including phenoxy) is 4. The van der Waals surface area contributed by atoms with Crippen LogP contribution in [0.3, 0.4) is 0 Å². The summed E-state index contributed by atoms with van der Waals surface area (Å²) in [5, 5.41) is 22.4. The highest BCUT2D eigenvalue weighted by Crippen LogP contribution is 2.40. The number of terminal acetylenes is 2. The normalized spacial score (nSPS) is 14.9. The summed E-state index contributed by atoms with van der Waals surface area (Å²) in [6, 6.07) is 10.3. The largest absolute Gasteiger partial charge is 0.507 e. The second-order valence-corrected chi connectivity index (χ2v) is 19.5. The van der Waals surface area contributed by atoms with Crippen molar-refractivity contribution >= 4 is 11.8 Å². The average Bonchev–Trinajstić information content (AvgIpc) is 3.76. The minimum absolute atomic E-state index is 0.0268. The van der Waals surface area contributed by atoms with E-state index >= 15 is 9.59 Å². The molecule has 10 heteroatoms. The first-order valence-corrected chi connectivity index (χ1v) is 27.4. The number of carbonyl (C=O) groups is 2. The number of allylic oxidation sites excluding steroid dienone is 2. The van der Waals surface area contributed by atoms with Crippen LogP contribution in [0.25, 0.3) is 0 Å². The third-order valence-corrected chi connectivity index (χ3v) is 13.8. The Balaban J connectivity index is 2.04. The van der Waals surface area contributed by atoms with Crippen LogP contribution in [0, 0.1) is 24.7 Å². The molecule has 0 spiro atoms. The Kier molecular flexibility index (Phi) is 31.4. The van der Waals surface area contributed by atoms with E-state index in [4.69, 9.17) is 31.8 Å². The molecule has 0 radical (unpaired) electrons. The second kappa shape index (κ2) is 36.9. The lowest BCUT2D eigenvalue weighted by atomic mass is 9.99. The molecule has 1 saturated heterocycles. The first-order valence-electron chi connectivity index (χ1n) is 27.4. The van der Waals surface area contributed by atoms with Crippen LogP contribution in [0.2, 0.25) is 0 Å². The summed E-state index contributed by atoms with van der Waals surface area (Å²) in [6.07, 6.45) is 41.4. The topological polar surface area (TPSA) is 118 Å². The molecule has 10 nitrogen and oxygen atoms in total. The quantitative estimate of drug-likeness (QED) is 0.0384. The monoisotopic (exact) mass is 981 g/mol. The van der Waals surface area contributed by atoms with Crippen molar-refractivity contribution in [2.24, 2.45) is 0 Å². The number of hydrogen-bond donors (Lipinski definition) is 2. The Hall–Kier alpha value is -4.90. The van der Waals surface area contributed by atoms with Gasteiger partial charge in [-0.1, -0.05) is 115 Å². The van der Waals surface area contributed by atoms with Gasteiger partial charge in [-0.15, -0.1) is 37.8 Å². The third-order valence-electron chi connectivity index (χ3n) is 13.8. The van der Waals surface area contributed by atoms with Crippen LogP contribution >= 0.6 is 0 Å². The van der Waals surface area contributed by atoms with E-state index in [1.807, 2.05) is 12.2 Å². The van der Waals surface area contributed by atoms with Crippen LogP contribution in [0.4, 0.5) is 0 Å². The molecular formula is C61H92N2O8. The van der Waals surface area contributed by atoms with E-state index in [1.54, 1.807) is 60.4 Å². The number of nitrogens with zero attached hydrogens (tertiary/aromatic N) is 2. The number of rotatable bonds is 42. The fraction of sp³-hybridized carbons (Fsp3) is 0.639. The molecule has 0 unspecified atom stereocenters. The van der Waals surface area contributed by atoms with Crippen LogP contribution in [-0.2, 0) is 32.2 Å². The highest BCUT2D eigenvalue weighted by atomic mass is 16.8. The first-order chi connectivity index (χ1) is 34.6. The van der Waals surface area contributed by atoms with E-state index in [9.17, 15) is 10.2 Å². The number of carbonyl (C=O) groups excluding carboxylic acids is 2. The summed E-state index contributed by atoms with van der Waals surface area (Å²) in [6.45, 7) is 8.77. The minimum atomic E-state index is -1.23. The van der Waals surface area contributed by atoms with Gasteiger partial charge >= 0.3 is 0 Å². The van der Waals surface area contributed by atoms with Crippen LogP contribution in [0.5, 0.6) is 23.0 Å². The van der Waals surface area contributed by atoms with Crippen molar-refractivity contribution in [3.63, 3.8) is 0 Å². The van der Waals surface area contributed by atoms with Gasteiger partial charge in [0.1, 0.15) is 23.0 Å². The van der Waals surface area contributed by atoms with Crippen LogP contribution in [0.15, 0.2) is 61.7 Å². The first kappa shape index (κ1) is 60.4. The molecule has 0 aromatic heterocycles. The number of amides is 2. The number of phenolic OH excluding ortho intramolecular Hbond substituents is 2. The van der Waals surface area contributed by atoms with Crippen molar-refractivity contribution in [1.82, 2.24) is 9.80 Å². The Morgan fingerprint density at radius 3 is 1.24 bits per heavy atom. The van der Waals surface area contributed by atoms with Crippen LogP contribution in [-0.4, -0.2) is 77.1 Å². The van der Waals surface area contributed by atoms with E-state index in [0.717, 1.165) is 167 Å². The zero-order valence-corrected chi connectivity index (χ0v) is 44.1. The molecule has 0 saturated carbocycles. The number of aromatic hydroxyl groups is 2. The van der Waals surface area contributed by atoms with Crippen molar-refractivity contribution in [3.8, 4) is 47.7 Å². The predicted molar refractivity (Wildman–Crippen MR) is 289 cm³/mol. The molecule has 2 amide bonds. The van der Waals surface area contributed by atoms with Gasteiger partial charge in [-0.05, 0) is 88.5 Å². The lowest BCUT2D eigenvalue weighted by molar-refractivity contribution is -0.193. The summed E-state index contributed by atoms with van der Waals surface area (Å²) in [4.78, 5) is 34.5. The van der Waals surface area contributed by atoms with E-state index < -0.39 is 18.0 Å². The summed E-state index contributed by atoms with van der Waals surface area (Å²) in [7, 11) is 3.10. The second-order valence-electron chi connectivity index (χ2n) is 19.5. The smallest absolute Gasteiger partial charge is 0.255 e. The van der Waals surface area contributed by atoms with E-state index in [2.05, 4.69) is 25.0 Å². The molecule has 0 aliphatic carbocycles. The fourth-order valence-electron chi connectivity index (χ4n) is 9.50. The molecule has 2 atom stereocenters. The maximum Gasteiger partial charge on any atom is 0.255 e. The lowest BCUT2D eigenvalue weighted by Crippen LogP contribution is -2.50. The summed E-state index contributed by atoms with van der Waals surface area (Å²) in [5.74, 6) is 4.72. The molecule has 1 aliphatic rings. The molecule has 2 aromatic rings. The van der Waals surface area contributed by atoms with Gasteiger partial charge in [-0.2, -0.15) is 0 Å². The third kappa shape index (κ3) is 23.5. The van der Waals surface area contributed by atoms with Crippen LogP contribution in [0.1, 0.15) is 204 Å². The zero-order valence-electron chi connectivity index (χ0n) is 44.1. The number of methoxy groups -OCH3 is 2. The predicted octanol–water partition coefficient (Wildman–Crippen LogP) is 14.3. The van der Waals surface area contributed by atoms with E-state index in [1.165, 1.54) is 12.8 Å². The number of unbranched alkanes of at least 4 members (excludes halogenated alkanes) is 24. The highest BCUT2D eigenvalue weighted by molar-refractivity contribution is 5.92. The number of benzene rings is 2. The SMILES string of the molecule is C#CCCCCCCCC1(CCCCCCCC#C)O[C@@H](C(=O)N(CCCCCCCCCC=C)Cc2ccc(OC)cc2O)[C@H](C(=O)N(CCCCCCCCCC=C)Cc2ccc(OC)cc2O)O1. The maximum absolute atomic E-state index is 15.5. The highest BCUT2D eigenvalue weighted by Gasteiger charge is 2.54. The molecule has 0 bridgehead atoms. The fourth-order valence-corrected chi connectivity index (χ4v) is 9.50. The van der Waals surface area contributed by atoms with Crippen molar-refractivity contribution in [2.75, 3.05) is 27.3 Å². The summed E-state index contributed by atoms with van der Waals surface area (Å²) in [5.41, 5.74) is 1.14. The molecular weight excluding hydrogens is 889 g/mol. The summed E-state index contributed by atoms with van der Waals surface area (Å²) < 4.78 is 25.0. The molecule has 1 aliphatic heterocycles. The molecule has 1 heterocycles. The van der Waals surface area contributed by atoms with Crippen LogP contribution < -0.4 is 9.47 Å². The maximum atomic E-state index is 15.5. The van der Waals surface area contributed by atoms with Crippen molar-refractivity contribution < 1.29 is 38.7 Å². The van der Waals surface area contributed by atoms with Crippen molar-refractivity contribution in [3.05, 3.63) is 72.8 Å². The average molecular weight is 981 g/mol. The lowest BCUT2D eigenvalue weighted by Gasteiger charge is -2.30. The van der Waals surface area contributed by atoms with Crippen molar-refractivity contribution in [2.45, 2.75) is 224 Å². The number of hydrogen-bond acceptors (Lipinski definition) is 8. The Labute approximate surface area is 430 Å². The standard InChI is InChI=1S/C61H92N2O8/c1-7-11-15-19-23-25-29-33-37-45-62(49-51-39-41-53(68-5)47-55(51)64)59(66)57-58(71-61(70-57,43-35-31-27-21-17-13-9-3)44-36-32-28-22-18-14-10-4)60(67)63(46-38-34-30-26-24-20-16-12-8-2)50-52-40-42-54(69-6)48-56(52)65/h3-4,7-8,39-42,47-48,57-58,64-65H,1-2,11-38,43-46,49-50H2,5-6H3/t57-,58-/m1/s1. The van der Waals surface area contributed by atoms with Gasteiger partial charge < -0.3 is 39.0 Å². The molecule has 2 N–H and O–H groups in total. The molecule has 2 aromatic carbocycles. The molecule has 1 fully saturated rings. The molecule has 71 heavy (non-hydrogen) atoms. The zero-order chi connectivity index (χ0) is 51.4. The van der Waals surface area contributed by atoms with Gasteiger partial charge in [0.05, 0.1) is 14.2 Å². The van der Waals surface area contributed by atoms with E-state index in [-0.39, 0.29) is 36.4 Å². The Morgan fingerprint density at radius 2 is 0.901 bits per heavy atom. The van der Waals surface area contributed by atoms with Gasteiger partial charge in [-0.25, -0.2) is 0 Å². The van der Waals surface area contributed by atoms with Gasteiger partial charge in [0, 0.05) is 75.1 Å². The summed E-state index contributed by atoms with van der Waals surface area (Å²) >= 11 is 0. The number of phenols is 2. The van der Waals surface area contributed by atoms with Gasteiger partial charge in [0.25, 0.3) is 11.8 Å². The van der Waals surface area contributed by atoms with E-state index in [0.29, 0.717) is 48.6 Å². The Bertz CT molecular complexity index is 1760. The van der Waals surface area contributed by atoms with Crippen molar-refractivity contribution in [1.29, 1.82) is 0 Å². The Morgan fingerprint density at radius 1 is 0.563 bits per heavy atom. The molecule has 3 rings (SSSR count). The minimum Gasteiger partial charge on any atom is -0.507 e. The molecule has 394 valence electrons.